The summed E-state index contributed by atoms with van der Waals surface area (Å²) in [5.74, 6) is -11.7. The Morgan fingerprint density at radius 1 is 0.932 bits per heavy atom. The standard InChI is InChI=1S/C32H38F4N2O6/c1-31(2,3)20-10-8-7-9-19(20)30(42)38-13-11-18(12-14-38)29(41)37-23(16-25(40)44-32(4,5)6)24(39)17-43-28-26(35)21(33)15-22(34)27(28)36/h7-10,15,18,23H,11-14,16-17H2,1-6H3,(H,37,41)/t23-/m0/s1. The smallest absolute Gasteiger partial charge is 0.308 e. The van der Waals surface area contributed by atoms with Crippen LogP contribution in [0.1, 0.15) is 76.7 Å². The van der Waals surface area contributed by atoms with Gasteiger partial charge in [-0.1, -0.05) is 39.0 Å². The third-order valence-electron chi connectivity index (χ3n) is 7.04. The summed E-state index contributed by atoms with van der Waals surface area (Å²) in [5, 5.41) is 2.49. The molecule has 0 aromatic heterocycles. The van der Waals surface area contributed by atoms with Gasteiger partial charge < -0.3 is 19.7 Å². The van der Waals surface area contributed by atoms with E-state index < -0.39 is 77.3 Å². The summed E-state index contributed by atoms with van der Waals surface area (Å²) in [6, 6.07) is 5.81. The molecule has 1 saturated heterocycles. The zero-order valence-corrected chi connectivity index (χ0v) is 25.7. The molecular weight excluding hydrogens is 584 g/mol. The van der Waals surface area contributed by atoms with E-state index in [1.165, 1.54) is 0 Å². The average molecular weight is 623 g/mol. The van der Waals surface area contributed by atoms with E-state index in [1.54, 1.807) is 37.8 Å². The van der Waals surface area contributed by atoms with Crippen LogP contribution in [0.2, 0.25) is 0 Å². The average Bonchev–Trinajstić information content (AvgIpc) is 2.93. The highest BCUT2D eigenvalue weighted by Crippen LogP contribution is 2.29. The number of ether oxygens (including phenoxy) is 2. The number of piperidine rings is 1. The highest BCUT2D eigenvalue weighted by molar-refractivity contribution is 5.96. The molecule has 0 bridgehead atoms. The van der Waals surface area contributed by atoms with E-state index in [2.05, 4.69) is 5.32 Å². The Labute approximate surface area is 254 Å². The molecule has 1 aliphatic rings. The Morgan fingerprint density at radius 3 is 2.05 bits per heavy atom. The number of halogens is 4. The van der Waals surface area contributed by atoms with Gasteiger partial charge in [0.2, 0.25) is 17.5 Å². The zero-order valence-electron chi connectivity index (χ0n) is 25.7. The van der Waals surface area contributed by atoms with Crippen LogP contribution in [0.25, 0.3) is 0 Å². The van der Waals surface area contributed by atoms with Crippen molar-refractivity contribution in [1.82, 2.24) is 10.2 Å². The molecule has 0 spiro atoms. The number of likely N-dealkylation sites (tertiary alicyclic amines) is 1. The minimum absolute atomic E-state index is 0.00685. The van der Waals surface area contributed by atoms with Gasteiger partial charge in [-0.05, 0) is 50.7 Å². The number of rotatable bonds is 9. The van der Waals surface area contributed by atoms with Gasteiger partial charge in [-0.3, -0.25) is 19.2 Å². The van der Waals surface area contributed by atoms with Crippen molar-refractivity contribution in [3.63, 3.8) is 0 Å². The molecule has 0 saturated carbocycles. The van der Waals surface area contributed by atoms with Crippen LogP contribution in [0, 0.1) is 29.2 Å². The molecule has 8 nitrogen and oxygen atoms in total. The third kappa shape index (κ3) is 8.79. The lowest BCUT2D eigenvalue weighted by Gasteiger charge is -2.33. The maximum absolute atomic E-state index is 14.0. The number of ketones is 1. The van der Waals surface area contributed by atoms with Crippen LogP contribution in [0.4, 0.5) is 17.6 Å². The number of nitrogens with zero attached hydrogens (tertiary/aromatic N) is 1. The van der Waals surface area contributed by atoms with Crippen LogP contribution in [-0.2, 0) is 24.5 Å². The Hall–Kier alpha value is -3.96. The maximum atomic E-state index is 14.0. The summed E-state index contributed by atoms with van der Waals surface area (Å²) >= 11 is 0. The molecule has 1 atom stereocenters. The quantitative estimate of drug-likeness (QED) is 0.233. The van der Waals surface area contributed by atoms with Crippen molar-refractivity contribution in [1.29, 1.82) is 0 Å². The second-order valence-electron chi connectivity index (χ2n) is 12.8. The SMILES string of the molecule is CC(C)(C)OC(=O)C[C@H](NC(=O)C1CCN(C(=O)c2ccccc2C(C)(C)C)CC1)C(=O)COc1c(F)c(F)cc(F)c1F. The molecule has 1 fully saturated rings. The minimum Gasteiger partial charge on any atom is -0.479 e. The molecule has 1 aliphatic heterocycles. The number of Topliss-reactive ketones (excluding diaryl/α,β-unsaturated/α-hetero) is 1. The van der Waals surface area contributed by atoms with E-state index in [0.29, 0.717) is 5.56 Å². The van der Waals surface area contributed by atoms with Crippen LogP contribution in [0.5, 0.6) is 5.75 Å². The number of carbonyl (C=O) groups excluding carboxylic acids is 4. The van der Waals surface area contributed by atoms with E-state index >= 15 is 0 Å². The monoisotopic (exact) mass is 622 g/mol. The number of benzene rings is 2. The fourth-order valence-electron chi connectivity index (χ4n) is 4.85. The number of hydrogen-bond acceptors (Lipinski definition) is 6. The van der Waals surface area contributed by atoms with E-state index in [9.17, 15) is 36.7 Å². The largest absolute Gasteiger partial charge is 0.479 e. The topological polar surface area (TPSA) is 102 Å². The van der Waals surface area contributed by atoms with Gasteiger partial charge >= 0.3 is 5.97 Å². The Kier molecular flexibility index (Phi) is 10.8. The number of nitrogens with one attached hydrogen (secondary N) is 1. The van der Waals surface area contributed by atoms with Crippen LogP contribution in [0.15, 0.2) is 30.3 Å². The number of carbonyl (C=O) groups is 4. The Morgan fingerprint density at radius 2 is 1.50 bits per heavy atom. The van der Waals surface area contributed by atoms with E-state index in [1.807, 2.05) is 32.9 Å². The number of esters is 1. The van der Waals surface area contributed by atoms with E-state index in [4.69, 9.17) is 9.47 Å². The lowest BCUT2D eigenvalue weighted by Crippen LogP contribution is -2.49. The van der Waals surface area contributed by atoms with Crippen molar-refractivity contribution in [2.45, 2.75) is 77.9 Å². The van der Waals surface area contributed by atoms with Crippen molar-refractivity contribution in [2.24, 2.45) is 5.92 Å². The fourth-order valence-corrected chi connectivity index (χ4v) is 4.85. The van der Waals surface area contributed by atoms with Crippen molar-refractivity contribution in [3.8, 4) is 5.75 Å². The lowest BCUT2D eigenvalue weighted by atomic mass is 9.83. The molecule has 0 aliphatic carbocycles. The highest BCUT2D eigenvalue weighted by atomic mass is 19.2. The molecule has 0 radical (unpaired) electrons. The molecule has 1 heterocycles. The first-order valence-electron chi connectivity index (χ1n) is 14.3. The third-order valence-corrected chi connectivity index (χ3v) is 7.04. The summed E-state index contributed by atoms with van der Waals surface area (Å²) in [6.45, 7) is 10.3. The first kappa shape index (κ1) is 34.5. The zero-order chi connectivity index (χ0) is 33.0. The van der Waals surface area contributed by atoms with Gasteiger partial charge in [-0.15, -0.1) is 0 Å². The molecule has 0 unspecified atom stereocenters. The molecule has 240 valence electrons. The van der Waals surface area contributed by atoms with Gasteiger partial charge in [-0.25, -0.2) is 8.78 Å². The van der Waals surface area contributed by atoms with Gasteiger partial charge in [0.25, 0.3) is 5.91 Å². The summed E-state index contributed by atoms with van der Waals surface area (Å²) in [7, 11) is 0. The molecule has 44 heavy (non-hydrogen) atoms. The minimum atomic E-state index is -1.84. The maximum Gasteiger partial charge on any atom is 0.308 e. The van der Waals surface area contributed by atoms with Gasteiger partial charge in [-0.2, -0.15) is 8.78 Å². The Balaban J connectivity index is 1.70. The van der Waals surface area contributed by atoms with Crippen LogP contribution < -0.4 is 10.1 Å². The fraction of sp³-hybridized carbons (Fsp3) is 0.500. The second kappa shape index (κ2) is 13.8. The second-order valence-corrected chi connectivity index (χ2v) is 12.8. The van der Waals surface area contributed by atoms with Gasteiger partial charge in [0.15, 0.2) is 23.2 Å². The Bertz CT molecular complexity index is 1380. The van der Waals surface area contributed by atoms with Crippen LogP contribution >= 0.6 is 0 Å². The molecule has 3 rings (SSSR count). The predicted molar refractivity (Wildman–Crippen MR) is 153 cm³/mol. The molecule has 2 amide bonds. The number of amides is 2. The van der Waals surface area contributed by atoms with Crippen molar-refractivity contribution in [3.05, 3.63) is 64.7 Å². The first-order valence-corrected chi connectivity index (χ1v) is 14.3. The van der Waals surface area contributed by atoms with Crippen molar-refractivity contribution in [2.75, 3.05) is 19.7 Å². The highest BCUT2D eigenvalue weighted by Gasteiger charge is 2.34. The molecule has 2 aromatic rings. The first-order chi connectivity index (χ1) is 20.4. The van der Waals surface area contributed by atoms with Gasteiger partial charge in [0.05, 0.1) is 6.42 Å². The summed E-state index contributed by atoms with van der Waals surface area (Å²) in [4.78, 5) is 53.7. The summed E-state index contributed by atoms with van der Waals surface area (Å²) < 4.78 is 65.2. The van der Waals surface area contributed by atoms with E-state index in [0.717, 1.165) is 5.56 Å². The van der Waals surface area contributed by atoms with Crippen molar-refractivity contribution >= 4 is 23.6 Å². The molecular formula is C32H38F4N2O6. The van der Waals surface area contributed by atoms with Gasteiger partial charge in [0, 0.05) is 30.6 Å². The summed E-state index contributed by atoms with van der Waals surface area (Å²) in [5.41, 5.74) is 0.305. The van der Waals surface area contributed by atoms with Crippen molar-refractivity contribution < 1.29 is 46.2 Å². The normalized spacial score (nSPS) is 15.0. The predicted octanol–water partition coefficient (Wildman–Crippen LogP) is 5.26. The molecule has 2 aromatic carbocycles. The molecule has 12 heteroatoms. The summed E-state index contributed by atoms with van der Waals surface area (Å²) in [6.07, 6.45) is -0.0786. The molecule has 1 N–H and O–H groups in total. The lowest BCUT2D eigenvalue weighted by molar-refractivity contribution is -0.156. The number of hydrogen-bond donors (Lipinski definition) is 1. The van der Waals surface area contributed by atoms with Crippen LogP contribution in [0.3, 0.4) is 0 Å². The van der Waals surface area contributed by atoms with E-state index in [-0.39, 0.29) is 43.3 Å². The van der Waals surface area contributed by atoms with Gasteiger partial charge in [0.1, 0.15) is 18.2 Å². The van der Waals surface area contributed by atoms with Crippen LogP contribution in [-0.4, -0.2) is 59.8 Å².